The monoisotopic (exact) mass is 300 g/mol. The number of alkyl halides is 1. The van der Waals surface area contributed by atoms with E-state index in [0.717, 1.165) is 17.0 Å². The Hall–Kier alpha value is -1.50. The molecular weight excluding hydrogens is 287 g/mol. The summed E-state index contributed by atoms with van der Waals surface area (Å²) in [5.41, 5.74) is 2.33. The molecular formula is C18H14Cl2. The lowest BCUT2D eigenvalue weighted by atomic mass is 9.98. The fraction of sp³-hybridized carbons (Fsp3) is 0.111. The minimum Gasteiger partial charge on any atom is -0.117 e. The maximum atomic E-state index is 6.63. The Morgan fingerprint density at radius 3 is 2.45 bits per heavy atom. The molecule has 0 radical (unpaired) electrons. The average molecular weight is 301 g/mol. The van der Waals surface area contributed by atoms with Gasteiger partial charge in [-0.15, -0.1) is 11.6 Å². The number of benzene rings is 3. The van der Waals surface area contributed by atoms with Crippen molar-refractivity contribution in [1.82, 2.24) is 0 Å². The van der Waals surface area contributed by atoms with Crippen molar-refractivity contribution in [3.63, 3.8) is 0 Å². The highest BCUT2D eigenvalue weighted by atomic mass is 35.5. The third-order valence-electron chi connectivity index (χ3n) is 3.46. The van der Waals surface area contributed by atoms with Crippen LogP contribution in [0.15, 0.2) is 66.7 Å². The van der Waals surface area contributed by atoms with Gasteiger partial charge in [-0.2, -0.15) is 0 Å². The predicted molar refractivity (Wildman–Crippen MR) is 87.7 cm³/mol. The third kappa shape index (κ3) is 2.82. The van der Waals surface area contributed by atoms with E-state index in [1.54, 1.807) is 0 Å². The van der Waals surface area contributed by atoms with E-state index in [2.05, 4.69) is 42.5 Å². The zero-order valence-corrected chi connectivity index (χ0v) is 12.4. The Morgan fingerprint density at radius 1 is 0.850 bits per heavy atom. The summed E-state index contributed by atoms with van der Waals surface area (Å²) in [4.78, 5) is 0. The molecule has 0 N–H and O–H groups in total. The van der Waals surface area contributed by atoms with Crippen LogP contribution in [0.3, 0.4) is 0 Å². The van der Waals surface area contributed by atoms with E-state index >= 15 is 0 Å². The van der Waals surface area contributed by atoms with Crippen molar-refractivity contribution < 1.29 is 0 Å². The highest BCUT2D eigenvalue weighted by molar-refractivity contribution is 6.30. The molecule has 0 saturated heterocycles. The molecule has 3 rings (SSSR count). The summed E-state index contributed by atoms with van der Waals surface area (Å²) in [5, 5.41) is 3.14. The maximum absolute atomic E-state index is 6.63. The van der Waals surface area contributed by atoms with Gasteiger partial charge in [-0.05, 0) is 40.5 Å². The van der Waals surface area contributed by atoms with Crippen molar-refractivity contribution in [2.45, 2.75) is 11.8 Å². The molecule has 0 aliphatic heterocycles. The van der Waals surface area contributed by atoms with Gasteiger partial charge in [0.05, 0.1) is 5.38 Å². The molecule has 0 aliphatic rings. The molecule has 1 atom stereocenters. The van der Waals surface area contributed by atoms with Crippen LogP contribution < -0.4 is 0 Å². The number of rotatable bonds is 3. The Labute approximate surface area is 129 Å². The molecule has 0 amide bonds. The van der Waals surface area contributed by atoms with Crippen LogP contribution in [0.25, 0.3) is 10.8 Å². The summed E-state index contributed by atoms with van der Waals surface area (Å²) < 4.78 is 0. The van der Waals surface area contributed by atoms with E-state index in [1.807, 2.05) is 24.3 Å². The van der Waals surface area contributed by atoms with Crippen molar-refractivity contribution >= 4 is 34.0 Å². The molecule has 0 heterocycles. The Kier molecular flexibility index (Phi) is 3.95. The fourth-order valence-electron chi connectivity index (χ4n) is 2.50. The van der Waals surface area contributed by atoms with Gasteiger partial charge in [-0.25, -0.2) is 0 Å². The molecule has 2 heteroatoms. The van der Waals surface area contributed by atoms with Crippen molar-refractivity contribution in [1.29, 1.82) is 0 Å². The van der Waals surface area contributed by atoms with Crippen LogP contribution in [0, 0.1) is 0 Å². The Bertz CT molecular complexity index is 729. The van der Waals surface area contributed by atoms with Gasteiger partial charge in [0.1, 0.15) is 0 Å². The first kappa shape index (κ1) is 13.5. The Balaban J connectivity index is 1.94. The van der Waals surface area contributed by atoms with Crippen LogP contribution in [0.4, 0.5) is 0 Å². The molecule has 3 aromatic carbocycles. The zero-order valence-electron chi connectivity index (χ0n) is 10.9. The lowest BCUT2D eigenvalue weighted by Gasteiger charge is -2.13. The molecule has 0 bridgehead atoms. The van der Waals surface area contributed by atoms with Gasteiger partial charge in [-0.1, -0.05) is 66.2 Å². The van der Waals surface area contributed by atoms with Crippen molar-refractivity contribution in [2.75, 3.05) is 0 Å². The molecule has 0 saturated carbocycles. The normalized spacial score (nSPS) is 12.5. The number of hydrogen-bond donors (Lipinski definition) is 0. The molecule has 100 valence electrons. The van der Waals surface area contributed by atoms with Crippen molar-refractivity contribution in [3.05, 3.63) is 82.9 Å². The molecule has 0 fully saturated rings. The van der Waals surface area contributed by atoms with Gasteiger partial charge in [-0.3, -0.25) is 0 Å². The number of hydrogen-bond acceptors (Lipinski definition) is 0. The average Bonchev–Trinajstić information content (AvgIpc) is 2.46. The Morgan fingerprint density at radius 2 is 1.60 bits per heavy atom. The lowest BCUT2D eigenvalue weighted by Crippen LogP contribution is -1.97. The van der Waals surface area contributed by atoms with Crippen LogP contribution in [-0.4, -0.2) is 0 Å². The molecule has 0 nitrogen and oxygen atoms in total. The second-order valence-electron chi connectivity index (χ2n) is 4.87. The summed E-state index contributed by atoms with van der Waals surface area (Å²) in [6.07, 6.45) is 0.774. The second-order valence-corrected chi connectivity index (χ2v) is 5.83. The highest BCUT2D eigenvalue weighted by Crippen LogP contribution is 2.31. The van der Waals surface area contributed by atoms with Gasteiger partial charge >= 0.3 is 0 Å². The standard InChI is InChI=1S/C18H14Cl2/c19-15-8-3-5-13(11-15)12-18(20)17-10-4-7-14-6-1-2-9-16(14)17/h1-11,18H,12H2. The topological polar surface area (TPSA) is 0 Å². The van der Waals surface area contributed by atoms with Crippen molar-refractivity contribution in [3.8, 4) is 0 Å². The molecule has 20 heavy (non-hydrogen) atoms. The largest absolute Gasteiger partial charge is 0.117 e. The van der Waals surface area contributed by atoms with Crippen LogP contribution in [-0.2, 0) is 6.42 Å². The van der Waals surface area contributed by atoms with Crippen molar-refractivity contribution in [2.24, 2.45) is 0 Å². The summed E-state index contributed by atoms with van der Waals surface area (Å²) in [6.45, 7) is 0. The summed E-state index contributed by atoms with van der Waals surface area (Å²) in [5.74, 6) is 0. The van der Waals surface area contributed by atoms with E-state index in [4.69, 9.17) is 23.2 Å². The minimum atomic E-state index is -0.0560. The zero-order chi connectivity index (χ0) is 13.9. The first-order valence-electron chi connectivity index (χ1n) is 6.60. The van der Waals surface area contributed by atoms with E-state index in [-0.39, 0.29) is 5.38 Å². The second kappa shape index (κ2) is 5.87. The van der Waals surface area contributed by atoms with Crippen LogP contribution in [0.1, 0.15) is 16.5 Å². The molecule has 0 aromatic heterocycles. The highest BCUT2D eigenvalue weighted by Gasteiger charge is 2.12. The molecule has 1 unspecified atom stereocenters. The van der Waals surface area contributed by atoms with Gasteiger partial charge < -0.3 is 0 Å². The van der Waals surface area contributed by atoms with Gasteiger partial charge in [0.2, 0.25) is 0 Å². The smallest absolute Gasteiger partial charge is 0.0631 e. The van der Waals surface area contributed by atoms with Gasteiger partial charge in [0, 0.05) is 5.02 Å². The first-order valence-corrected chi connectivity index (χ1v) is 7.41. The quantitative estimate of drug-likeness (QED) is 0.519. The summed E-state index contributed by atoms with van der Waals surface area (Å²) in [7, 11) is 0. The molecule has 0 aliphatic carbocycles. The summed E-state index contributed by atoms with van der Waals surface area (Å²) in [6, 6.07) is 22.5. The van der Waals surface area contributed by atoms with E-state index in [1.165, 1.54) is 16.3 Å². The van der Waals surface area contributed by atoms with Crippen LogP contribution >= 0.6 is 23.2 Å². The van der Waals surface area contributed by atoms with E-state index < -0.39 is 0 Å². The van der Waals surface area contributed by atoms with E-state index in [9.17, 15) is 0 Å². The minimum absolute atomic E-state index is 0.0560. The summed E-state index contributed by atoms with van der Waals surface area (Å²) >= 11 is 12.7. The van der Waals surface area contributed by atoms with Crippen LogP contribution in [0.5, 0.6) is 0 Å². The molecule has 0 spiro atoms. The van der Waals surface area contributed by atoms with Gasteiger partial charge in [0.25, 0.3) is 0 Å². The maximum Gasteiger partial charge on any atom is 0.0631 e. The number of fused-ring (bicyclic) bond motifs is 1. The lowest BCUT2D eigenvalue weighted by molar-refractivity contribution is 0.928. The third-order valence-corrected chi connectivity index (χ3v) is 4.09. The predicted octanol–water partition coefficient (Wildman–Crippen LogP) is 6.02. The van der Waals surface area contributed by atoms with Crippen LogP contribution in [0.2, 0.25) is 5.02 Å². The van der Waals surface area contributed by atoms with E-state index in [0.29, 0.717) is 0 Å². The molecule has 3 aromatic rings. The SMILES string of the molecule is Clc1cccc(CC(Cl)c2cccc3ccccc23)c1. The number of halogens is 2. The van der Waals surface area contributed by atoms with Gasteiger partial charge in [0.15, 0.2) is 0 Å². The fourth-order valence-corrected chi connectivity index (χ4v) is 3.09. The first-order chi connectivity index (χ1) is 9.74.